The van der Waals surface area contributed by atoms with Crippen molar-refractivity contribution in [1.82, 2.24) is 14.8 Å². The predicted molar refractivity (Wildman–Crippen MR) is 117 cm³/mol. The summed E-state index contributed by atoms with van der Waals surface area (Å²) >= 11 is 3.37. The molecule has 2 aromatic carbocycles. The molecule has 8 nitrogen and oxygen atoms in total. The Hall–Kier alpha value is -3.47. The first-order valence-electron chi connectivity index (χ1n) is 9.45. The molecule has 2 heterocycles. The third kappa shape index (κ3) is 4.15. The van der Waals surface area contributed by atoms with Gasteiger partial charge in [-0.2, -0.15) is 18.9 Å². The minimum atomic E-state index is -3.04. The van der Waals surface area contributed by atoms with Crippen LogP contribution >= 0.6 is 15.9 Å². The van der Waals surface area contributed by atoms with Gasteiger partial charge >= 0.3 is 6.61 Å². The van der Waals surface area contributed by atoms with E-state index in [1.807, 2.05) is 0 Å². The van der Waals surface area contributed by atoms with Crippen molar-refractivity contribution >= 4 is 33.5 Å². The first kappa shape index (κ1) is 21.8. The fourth-order valence-corrected chi connectivity index (χ4v) is 3.93. The number of benzene rings is 2. The number of hydrogen-bond donors (Lipinski definition) is 2. The summed E-state index contributed by atoms with van der Waals surface area (Å²) in [5.41, 5.74) is 1.52. The van der Waals surface area contributed by atoms with E-state index in [1.54, 1.807) is 43.3 Å². The number of carbonyl (C=O) groups is 1. The summed E-state index contributed by atoms with van der Waals surface area (Å²) in [4.78, 5) is 17.6. The molecule has 1 aliphatic rings. The fraction of sp³-hybridized carbons (Fsp3) is 0.190. The van der Waals surface area contributed by atoms with Crippen LogP contribution in [0.25, 0.3) is 0 Å². The van der Waals surface area contributed by atoms with Crippen LogP contribution in [0.3, 0.4) is 0 Å². The number of para-hydroxylation sites is 2. The van der Waals surface area contributed by atoms with Gasteiger partial charge in [-0.15, -0.1) is 0 Å². The second kappa shape index (κ2) is 8.95. The van der Waals surface area contributed by atoms with E-state index in [9.17, 15) is 13.6 Å². The second-order valence-electron chi connectivity index (χ2n) is 6.81. The molecule has 1 atom stereocenters. The summed E-state index contributed by atoms with van der Waals surface area (Å²) in [7, 11) is 1.50. The number of aromatic nitrogens is 3. The summed E-state index contributed by atoms with van der Waals surface area (Å²) in [6.07, 6.45) is 1.31. The molecule has 0 saturated carbocycles. The van der Waals surface area contributed by atoms with Gasteiger partial charge in [-0.3, -0.25) is 4.79 Å². The summed E-state index contributed by atoms with van der Waals surface area (Å²) in [5.74, 6) is 0.301. The predicted octanol–water partition coefficient (Wildman–Crippen LogP) is 4.58. The lowest BCUT2D eigenvalue weighted by molar-refractivity contribution is -0.113. The van der Waals surface area contributed by atoms with Crippen molar-refractivity contribution in [1.29, 1.82) is 0 Å². The molecule has 0 spiro atoms. The van der Waals surface area contributed by atoms with Gasteiger partial charge in [0.05, 0.1) is 18.4 Å². The number of allylic oxidation sites excluding steroid dienone is 1. The van der Waals surface area contributed by atoms with Crippen molar-refractivity contribution < 1.29 is 23.0 Å². The Labute approximate surface area is 190 Å². The van der Waals surface area contributed by atoms with Crippen LogP contribution in [0.1, 0.15) is 18.5 Å². The van der Waals surface area contributed by atoms with Crippen LogP contribution in [0.2, 0.25) is 0 Å². The molecule has 1 amide bonds. The Kier molecular flexibility index (Phi) is 6.08. The van der Waals surface area contributed by atoms with E-state index >= 15 is 0 Å². The van der Waals surface area contributed by atoms with Crippen molar-refractivity contribution in [3.63, 3.8) is 0 Å². The first-order valence-corrected chi connectivity index (χ1v) is 10.2. The molecular weight excluding hydrogens is 488 g/mol. The zero-order valence-corrected chi connectivity index (χ0v) is 18.6. The Morgan fingerprint density at radius 3 is 2.78 bits per heavy atom. The Balaban J connectivity index is 1.83. The van der Waals surface area contributed by atoms with Crippen LogP contribution in [0.4, 0.5) is 20.4 Å². The molecule has 3 aromatic rings. The van der Waals surface area contributed by atoms with E-state index in [2.05, 4.69) is 36.6 Å². The summed E-state index contributed by atoms with van der Waals surface area (Å²) in [5, 5.41) is 10.1. The lowest BCUT2D eigenvalue weighted by Crippen LogP contribution is -2.32. The van der Waals surface area contributed by atoms with Crippen molar-refractivity contribution in [2.45, 2.75) is 19.6 Å². The van der Waals surface area contributed by atoms with Crippen molar-refractivity contribution in [2.24, 2.45) is 0 Å². The van der Waals surface area contributed by atoms with E-state index in [1.165, 1.54) is 24.2 Å². The Morgan fingerprint density at radius 1 is 1.25 bits per heavy atom. The SMILES string of the molecule is COc1ccccc1NC(=O)C1=C(C)Nc2ncnn2[C@@H]1c1cc(Br)ccc1OC(F)F. The van der Waals surface area contributed by atoms with E-state index in [-0.39, 0.29) is 11.3 Å². The van der Waals surface area contributed by atoms with E-state index in [0.29, 0.717) is 33.1 Å². The van der Waals surface area contributed by atoms with Gasteiger partial charge in [-0.25, -0.2) is 4.68 Å². The number of rotatable bonds is 6. The molecule has 11 heteroatoms. The van der Waals surface area contributed by atoms with E-state index < -0.39 is 18.6 Å². The number of hydrogen-bond acceptors (Lipinski definition) is 6. The average molecular weight is 506 g/mol. The smallest absolute Gasteiger partial charge is 0.387 e. The number of methoxy groups -OCH3 is 1. The highest BCUT2D eigenvalue weighted by Gasteiger charge is 2.36. The minimum absolute atomic E-state index is 0.0769. The topological polar surface area (TPSA) is 90.3 Å². The lowest BCUT2D eigenvalue weighted by atomic mass is 9.94. The number of ether oxygens (including phenoxy) is 2. The summed E-state index contributed by atoms with van der Waals surface area (Å²) < 4.78 is 38.4. The maximum atomic E-state index is 13.5. The molecule has 166 valence electrons. The van der Waals surface area contributed by atoms with Gasteiger partial charge < -0.3 is 20.1 Å². The molecule has 1 aliphatic heterocycles. The number of nitrogens with one attached hydrogen (secondary N) is 2. The zero-order chi connectivity index (χ0) is 22.8. The fourth-order valence-electron chi connectivity index (χ4n) is 3.55. The van der Waals surface area contributed by atoms with E-state index in [0.717, 1.165) is 0 Å². The lowest BCUT2D eigenvalue weighted by Gasteiger charge is -2.30. The third-order valence-corrected chi connectivity index (χ3v) is 5.37. The van der Waals surface area contributed by atoms with Crippen LogP contribution in [0.15, 0.2) is 64.5 Å². The van der Waals surface area contributed by atoms with Crippen LogP contribution in [-0.2, 0) is 4.79 Å². The highest BCUT2D eigenvalue weighted by Crippen LogP contribution is 2.41. The molecule has 2 N–H and O–H groups in total. The average Bonchev–Trinajstić information content (AvgIpc) is 3.22. The van der Waals surface area contributed by atoms with Gasteiger partial charge in [0.1, 0.15) is 23.9 Å². The van der Waals surface area contributed by atoms with Crippen LogP contribution in [0.5, 0.6) is 11.5 Å². The number of anilines is 2. The Morgan fingerprint density at radius 2 is 2.03 bits per heavy atom. The number of alkyl halides is 2. The number of halogens is 3. The number of fused-ring (bicyclic) bond motifs is 1. The summed E-state index contributed by atoms with van der Waals surface area (Å²) in [6, 6.07) is 10.7. The third-order valence-electron chi connectivity index (χ3n) is 4.88. The van der Waals surface area contributed by atoms with Crippen LogP contribution in [0, 0.1) is 0 Å². The molecule has 0 fully saturated rings. The first-order chi connectivity index (χ1) is 15.4. The van der Waals surface area contributed by atoms with Crippen LogP contribution in [-0.4, -0.2) is 34.4 Å². The zero-order valence-electron chi connectivity index (χ0n) is 17.0. The van der Waals surface area contributed by atoms with Gasteiger partial charge in [-0.05, 0) is 37.3 Å². The maximum Gasteiger partial charge on any atom is 0.387 e. The number of carbonyl (C=O) groups excluding carboxylic acids is 1. The Bertz CT molecular complexity index is 1200. The normalized spacial score (nSPS) is 15.2. The summed E-state index contributed by atoms with van der Waals surface area (Å²) in [6.45, 7) is -1.34. The number of amides is 1. The van der Waals surface area contributed by atoms with Gasteiger partial charge in [0, 0.05) is 15.7 Å². The van der Waals surface area contributed by atoms with E-state index in [4.69, 9.17) is 9.47 Å². The molecule has 0 unspecified atom stereocenters. The molecule has 0 radical (unpaired) electrons. The molecule has 4 rings (SSSR count). The monoisotopic (exact) mass is 505 g/mol. The maximum absolute atomic E-state index is 13.5. The van der Waals surface area contributed by atoms with Gasteiger partial charge in [0.2, 0.25) is 5.95 Å². The molecule has 1 aromatic heterocycles. The highest BCUT2D eigenvalue weighted by atomic mass is 79.9. The second-order valence-corrected chi connectivity index (χ2v) is 7.73. The molecule has 32 heavy (non-hydrogen) atoms. The van der Waals surface area contributed by atoms with Gasteiger partial charge in [-0.1, -0.05) is 28.1 Å². The molecule has 0 saturated heterocycles. The standard InChI is InChI=1S/C21H18BrF2N5O3/c1-11-17(19(30)28-14-5-3-4-6-16(14)31-2)18(29-21(27-11)25-10-26-29)13-9-12(22)7-8-15(13)32-20(23)24/h3-10,18,20H,1-2H3,(H,28,30)(H,25,26,27)/t18-/m1/s1. The van der Waals surface area contributed by atoms with Crippen molar-refractivity contribution in [2.75, 3.05) is 17.7 Å². The van der Waals surface area contributed by atoms with Crippen molar-refractivity contribution in [3.05, 3.63) is 70.1 Å². The highest BCUT2D eigenvalue weighted by molar-refractivity contribution is 9.10. The van der Waals surface area contributed by atoms with Crippen molar-refractivity contribution in [3.8, 4) is 11.5 Å². The quantitative estimate of drug-likeness (QED) is 0.509. The van der Waals surface area contributed by atoms with Gasteiger partial charge in [0.25, 0.3) is 5.91 Å². The molecule has 0 aliphatic carbocycles. The minimum Gasteiger partial charge on any atom is -0.495 e. The number of nitrogens with zero attached hydrogens (tertiary/aromatic N) is 3. The molecular formula is C21H18BrF2N5O3. The van der Waals surface area contributed by atoms with Crippen LogP contribution < -0.4 is 20.1 Å². The largest absolute Gasteiger partial charge is 0.495 e. The molecule has 0 bridgehead atoms. The van der Waals surface area contributed by atoms with Gasteiger partial charge in [0.15, 0.2) is 0 Å².